The van der Waals surface area contributed by atoms with Crippen LogP contribution in [0, 0.1) is 0 Å². The molecule has 2 atom stereocenters. The standard InChI is InChI=1S/C21H19Br2NO3/c22-17-6-15(7-18(23)10-17)16-8-19-12-26-13-20(9-16)24(19)21(25)27-11-14-4-2-1-3-5-14/h1-8,10,19-20H,9,11-13H2. The van der Waals surface area contributed by atoms with Crippen LogP contribution in [0.25, 0.3) is 5.57 Å². The van der Waals surface area contributed by atoms with Gasteiger partial charge in [-0.3, -0.25) is 4.90 Å². The zero-order valence-corrected chi connectivity index (χ0v) is 17.8. The number of nitrogens with zero attached hydrogens (tertiary/aromatic N) is 1. The average Bonchev–Trinajstić information content (AvgIpc) is 2.65. The number of carbonyl (C=O) groups is 1. The van der Waals surface area contributed by atoms with Gasteiger partial charge < -0.3 is 9.47 Å². The zero-order valence-electron chi connectivity index (χ0n) is 14.6. The molecule has 1 fully saturated rings. The Balaban J connectivity index is 1.52. The molecule has 4 rings (SSSR count). The molecule has 0 aromatic heterocycles. The lowest BCUT2D eigenvalue weighted by Crippen LogP contribution is -2.56. The molecule has 6 heteroatoms. The third-order valence-electron chi connectivity index (χ3n) is 4.85. The fourth-order valence-corrected chi connectivity index (χ4v) is 4.92. The molecule has 0 spiro atoms. The molecule has 0 N–H and O–H groups in total. The molecule has 2 aliphatic heterocycles. The number of fused-ring (bicyclic) bond motifs is 2. The van der Waals surface area contributed by atoms with E-state index in [1.807, 2.05) is 41.3 Å². The van der Waals surface area contributed by atoms with Crippen molar-refractivity contribution in [2.75, 3.05) is 13.2 Å². The largest absolute Gasteiger partial charge is 0.445 e. The van der Waals surface area contributed by atoms with Gasteiger partial charge in [0.25, 0.3) is 0 Å². The van der Waals surface area contributed by atoms with Crippen molar-refractivity contribution in [3.63, 3.8) is 0 Å². The highest BCUT2D eigenvalue weighted by Crippen LogP contribution is 2.35. The third kappa shape index (κ3) is 4.28. The summed E-state index contributed by atoms with van der Waals surface area (Å²) >= 11 is 7.10. The number of carbonyl (C=O) groups excluding carboxylic acids is 1. The normalized spacial score (nSPS) is 21.6. The summed E-state index contributed by atoms with van der Waals surface area (Å²) in [6.07, 6.45) is 2.61. The molecule has 2 bridgehead atoms. The Morgan fingerprint density at radius 2 is 1.85 bits per heavy atom. The molecule has 2 aliphatic rings. The minimum Gasteiger partial charge on any atom is -0.445 e. The van der Waals surface area contributed by atoms with E-state index in [2.05, 4.69) is 50.1 Å². The van der Waals surface area contributed by atoms with Crippen LogP contribution in [0.2, 0.25) is 0 Å². The van der Waals surface area contributed by atoms with Crippen molar-refractivity contribution in [2.24, 2.45) is 0 Å². The second-order valence-electron chi connectivity index (χ2n) is 6.76. The van der Waals surface area contributed by atoms with Gasteiger partial charge in [0.05, 0.1) is 25.3 Å². The first kappa shape index (κ1) is 18.7. The second-order valence-corrected chi connectivity index (χ2v) is 8.59. The number of hydrogen-bond donors (Lipinski definition) is 0. The number of benzene rings is 2. The maximum atomic E-state index is 12.7. The number of amides is 1. The maximum Gasteiger partial charge on any atom is 0.411 e. The predicted octanol–water partition coefficient (Wildman–Crippen LogP) is 5.40. The SMILES string of the molecule is O=C(OCc1ccccc1)N1C2C=C(c3cc(Br)cc(Br)c3)CC1COC2. The monoisotopic (exact) mass is 491 g/mol. The first-order chi connectivity index (χ1) is 13.1. The summed E-state index contributed by atoms with van der Waals surface area (Å²) in [5.74, 6) is 0. The molecule has 27 heavy (non-hydrogen) atoms. The second kappa shape index (κ2) is 8.17. The molecule has 4 nitrogen and oxygen atoms in total. The quantitative estimate of drug-likeness (QED) is 0.575. The lowest BCUT2D eigenvalue weighted by atomic mass is 9.90. The Bertz CT molecular complexity index is 849. The van der Waals surface area contributed by atoms with Crippen LogP contribution in [0.4, 0.5) is 4.79 Å². The van der Waals surface area contributed by atoms with Crippen LogP contribution >= 0.6 is 31.9 Å². The summed E-state index contributed by atoms with van der Waals surface area (Å²) in [4.78, 5) is 14.6. The van der Waals surface area contributed by atoms with Crippen LogP contribution in [0.3, 0.4) is 0 Å². The summed E-state index contributed by atoms with van der Waals surface area (Å²) in [7, 11) is 0. The fraction of sp³-hybridized carbons (Fsp3) is 0.286. The Hall–Kier alpha value is -1.63. The van der Waals surface area contributed by atoms with Gasteiger partial charge in [-0.1, -0.05) is 68.3 Å². The van der Waals surface area contributed by atoms with Gasteiger partial charge in [0.15, 0.2) is 0 Å². The van der Waals surface area contributed by atoms with E-state index in [1.165, 1.54) is 5.57 Å². The molecule has 2 heterocycles. The van der Waals surface area contributed by atoms with Gasteiger partial charge in [-0.15, -0.1) is 0 Å². The van der Waals surface area contributed by atoms with Gasteiger partial charge in [0.2, 0.25) is 0 Å². The Morgan fingerprint density at radius 3 is 2.56 bits per heavy atom. The topological polar surface area (TPSA) is 38.8 Å². The molecular formula is C21H19Br2NO3. The fourth-order valence-electron chi connectivity index (χ4n) is 3.63. The molecule has 0 saturated carbocycles. The third-order valence-corrected chi connectivity index (χ3v) is 5.76. The summed E-state index contributed by atoms with van der Waals surface area (Å²) in [5.41, 5.74) is 3.38. The number of hydrogen-bond acceptors (Lipinski definition) is 3. The van der Waals surface area contributed by atoms with E-state index in [0.29, 0.717) is 13.2 Å². The molecular weight excluding hydrogens is 474 g/mol. The zero-order chi connectivity index (χ0) is 18.8. The average molecular weight is 493 g/mol. The van der Waals surface area contributed by atoms with Gasteiger partial charge in [-0.2, -0.15) is 0 Å². The number of rotatable bonds is 3. The molecule has 1 amide bonds. The highest BCUT2D eigenvalue weighted by atomic mass is 79.9. The molecule has 2 aromatic carbocycles. The van der Waals surface area contributed by atoms with E-state index < -0.39 is 0 Å². The lowest BCUT2D eigenvalue weighted by Gasteiger charge is -2.43. The van der Waals surface area contributed by atoms with E-state index in [1.54, 1.807) is 0 Å². The minimum atomic E-state index is -0.275. The summed E-state index contributed by atoms with van der Waals surface area (Å²) in [5, 5.41) is 0. The van der Waals surface area contributed by atoms with Crippen LogP contribution in [-0.4, -0.2) is 36.3 Å². The highest BCUT2D eigenvalue weighted by Gasteiger charge is 2.39. The Labute approximate surface area is 175 Å². The maximum absolute atomic E-state index is 12.7. The van der Waals surface area contributed by atoms with Crippen LogP contribution in [0.1, 0.15) is 17.5 Å². The van der Waals surface area contributed by atoms with E-state index >= 15 is 0 Å². The van der Waals surface area contributed by atoms with Crippen molar-refractivity contribution in [3.05, 3.63) is 74.7 Å². The number of morpholine rings is 1. The molecule has 140 valence electrons. The molecule has 0 aliphatic carbocycles. The first-order valence-corrected chi connectivity index (χ1v) is 10.4. The highest BCUT2D eigenvalue weighted by molar-refractivity contribution is 9.11. The van der Waals surface area contributed by atoms with Gasteiger partial charge >= 0.3 is 6.09 Å². The Kier molecular flexibility index (Phi) is 5.66. The summed E-state index contributed by atoms with van der Waals surface area (Å²) in [6, 6.07) is 15.9. The summed E-state index contributed by atoms with van der Waals surface area (Å²) in [6.45, 7) is 1.31. The molecule has 2 unspecified atom stereocenters. The minimum absolute atomic E-state index is 0.00946. The van der Waals surface area contributed by atoms with Crippen LogP contribution in [0.15, 0.2) is 63.6 Å². The van der Waals surface area contributed by atoms with Crippen LogP contribution < -0.4 is 0 Å². The van der Waals surface area contributed by atoms with Crippen molar-refractivity contribution in [2.45, 2.75) is 25.1 Å². The molecule has 0 radical (unpaired) electrons. The number of ether oxygens (including phenoxy) is 2. The lowest BCUT2D eigenvalue weighted by molar-refractivity contribution is -0.0342. The smallest absolute Gasteiger partial charge is 0.411 e. The molecule has 1 saturated heterocycles. The van der Waals surface area contributed by atoms with E-state index in [9.17, 15) is 4.79 Å². The Morgan fingerprint density at radius 1 is 1.11 bits per heavy atom. The van der Waals surface area contributed by atoms with E-state index in [0.717, 1.165) is 26.5 Å². The van der Waals surface area contributed by atoms with Crippen molar-refractivity contribution in [1.29, 1.82) is 0 Å². The predicted molar refractivity (Wildman–Crippen MR) is 111 cm³/mol. The van der Waals surface area contributed by atoms with E-state index in [-0.39, 0.29) is 24.8 Å². The van der Waals surface area contributed by atoms with Crippen molar-refractivity contribution >= 4 is 43.5 Å². The van der Waals surface area contributed by atoms with Gasteiger partial charge in [0.1, 0.15) is 6.61 Å². The van der Waals surface area contributed by atoms with Crippen molar-refractivity contribution < 1.29 is 14.3 Å². The van der Waals surface area contributed by atoms with Crippen molar-refractivity contribution in [1.82, 2.24) is 4.90 Å². The number of halogens is 2. The van der Waals surface area contributed by atoms with Crippen LogP contribution in [0.5, 0.6) is 0 Å². The molecule has 2 aromatic rings. The van der Waals surface area contributed by atoms with Gasteiger partial charge in [-0.05, 0) is 41.3 Å². The van der Waals surface area contributed by atoms with Gasteiger partial charge in [-0.25, -0.2) is 4.79 Å². The first-order valence-electron chi connectivity index (χ1n) is 8.84. The van der Waals surface area contributed by atoms with E-state index in [4.69, 9.17) is 9.47 Å². The summed E-state index contributed by atoms with van der Waals surface area (Å²) < 4.78 is 13.3. The van der Waals surface area contributed by atoms with Crippen molar-refractivity contribution in [3.8, 4) is 0 Å². The van der Waals surface area contributed by atoms with Crippen LogP contribution in [-0.2, 0) is 16.1 Å². The van der Waals surface area contributed by atoms with Gasteiger partial charge in [0, 0.05) is 8.95 Å².